The molecule has 0 radical (unpaired) electrons. The van der Waals surface area contributed by atoms with Crippen LogP contribution in [0.15, 0.2) is 42.5 Å². The molecule has 5 heteroatoms. The van der Waals surface area contributed by atoms with Crippen molar-refractivity contribution in [1.29, 1.82) is 0 Å². The molecule has 1 heterocycles. The Labute approximate surface area is 126 Å². The molecular weight excluding hydrogens is 285 g/mol. The molecule has 0 atom stereocenters. The number of halogens is 1. The number of amides is 1. The third-order valence-electron chi connectivity index (χ3n) is 3.43. The summed E-state index contributed by atoms with van der Waals surface area (Å²) in [6, 6.07) is 11.0. The van der Waals surface area contributed by atoms with Gasteiger partial charge >= 0.3 is 5.97 Å². The Balaban J connectivity index is 2.06. The van der Waals surface area contributed by atoms with Crippen molar-refractivity contribution in [3.05, 3.63) is 65.0 Å². The smallest absolute Gasteiger partial charge is 0.337 e. The van der Waals surface area contributed by atoms with Gasteiger partial charge in [0.15, 0.2) is 0 Å². The van der Waals surface area contributed by atoms with Crippen molar-refractivity contribution in [1.82, 2.24) is 0 Å². The lowest BCUT2D eigenvalue weighted by Gasteiger charge is -2.03. The molecule has 3 rings (SSSR count). The fraction of sp³-hybridized carbons (Fsp3) is 0.0588. The van der Waals surface area contributed by atoms with Crippen molar-refractivity contribution < 1.29 is 18.7 Å². The summed E-state index contributed by atoms with van der Waals surface area (Å²) in [5.74, 6) is -1.22. The normalized spacial score (nSPS) is 14.6. The zero-order valence-electron chi connectivity index (χ0n) is 11.7. The fourth-order valence-electron chi connectivity index (χ4n) is 2.33. The molecule has 1 amide bonds. The van der Waals surface area contributed by atoms with Gasteiger partial charge in [-0.3, -0.25) is 4.79 Å². The van der Waals surface area contributed by atoms with Crippen molar-refractivity contribution in [2.24, 2.45) is 0 Å². The van der Waals surface area contributed by atoms with Crippen LogP contribution >= 0.6 is 0 Å². The van der Waals surface area contributed by atoms with Gasteiger partial charge < -0.3 is 10.1 Å². The molecule has 0 spiro atoms. The third-order valence-corrected chi connectivity index (χ3v) is 3.43. The first-order chi connectivity index (χ1) is 10.6. The van der Waals surface area contributed by atoms with Gasteiger partial charge in [0.2, 0.25) is 0 Å². The van der Waals surface area contributed by atoms with E-state index in [-0.39, 0.29) is 5.91 Å². The van der Waals surface area contributed by atoms with E-state index in [1.165, 1.54) is 19.3 Å². The van der Waals surface area contributed by atoms with Gasteiger partial charge in [-0.15, -0.1) is 0 Å². The Bertz CT molecular complexity index is 811. The van der Waals surface area contributed by atoms with Crippen LogP contribution in [-0.2, 0) is 9.53 Å². The summed E-state index contributed by atoms with van der Waals surface area (Å²) in [6.45, 7) is 0. The maximum atomic E-state index is 13.7. The molecule has 2 aromatic rings. The van der Waals surface area contributed by atoms with E-state index in [0.29, 0.717) is 28.0 Å². The predicted molar refractivity (Wildman–Crippen MR) is 80.7 cm³/mol. The van der Waals surface area contributed by atoms with Gasteiger partial charge in [-0.2, -0.15) is 0 Å². The third kappa shape index (κ3) is 2.37. The second kappa shape index (κ2) is 5.44. The molecule has 4 nitrogen and oxygen atoms in total. The predicted octanol–water partition coefficient (Wildman–Crippen LogP) is 3.11. The molecule has 0 saturated carbocycles. The van der Waals surface area contributed by atoms with Crippen LogP contribution in [0.5, 0.6) is 0 Å². The fourth-order valence-corrected chi connectivity index (χ4v) is 2.33. The molecule has 0 unspecified atom stereocenters. The van der Waals surface area contributed by atoms with Gasteiger partial charge in [-0.1, -0.05) is 24.3 Å². The van der Waals surface area contributed by atoms with E-state index in [0.717, 1.165) is 0 Å². The first kappa shape index (κ1) is 14.0. The van der Waals surface area contributed by atoms with Crippen LogP contribution < -0.4 is 5.32 Å². The Morgan fingerprint density at radius 3 is 2.73 bits per heavy atom. The van der Waals surface area contributed by atoms with Crippen molar-refractivity contribution in [3.63, 3.8) is 0 Å². The molecule has 2 aromatic carbocycles. The lowest BCUT2D eigenvalue weighted by molar-refractivity contribution is -0.110. The molecule has 1 aliphatic heterocycles. The standard InChI is InChI=1S/C17H12FNO3/c1-22-17(21)11-6-7-12-13(16(20)19-15(12)9-11)8-10-4-2-3-5-14(10)18/h2-9H,1H3,(H,19,20)/b13-8+. The topological polar surface area (TPSA) is 55.4 Å². The monoisotopic (exact) mass is 297 g/mol. The zero-order chi connectivity index (χ0) is 15.7. The lowest BCUT2D eigenvalue weighted by Crippen LogP contribution is -2.04. The number of benzene rings is 2. The Kier molecular flexibility index (Phi) is 3.47. The van der Waals surface area contributed by atoms with Crippen LogP contribution in [0.1, 0.15) is 21.5 Å². The summed E-state index contributed by atoms with van der Waals surface area (Å²) in [5.41, 5.74) is 2.17. The Morgan fingerprint density at radius 1 is 1.23 bits per heavy atom. The second-order valence-electron chi connectivity index (χ2n) is 4.79. The van der Waals surface area contributed by atoms with Crippen LogP contribution in [0, 0.1) is 5.82 Å². The molecule has 110 valence electrons. The molecule has 0 fully saturated rings. The number of methoxy groups -OCH3 is 1. The highest BCUT2D eigenvalue weighted by atomic mass is 19.1. The number of fused-ring (bicyclic) bond motifs is 1. The highest BCUT2D eigenvalue weighted by Gasteiger charge is 2.25. The number of hydrogen-bond acceptors (Lipinski definition) is 3. The summed E-state index contributed by atoms with van der Waals surface area (Å²) in [6.07, 6.45) is 1.49. The van der Waals surface area contributed by atoms with Crippen LogP contribution in [0.3, 0.4) is 0 Å². The van der Waals surface area contributed by atoms with E-state index >= 15 is 0 Å². The first-order valence-electron chi connectivity index (χ1n) is 6.60. The Morgan fingerprint density at radius 2 is 2.00 bits per heavy atom. The number of hydrogen-bond donors (Lipinski definition) is 1. The van der Waals surface area contributed by atoms with Gasteiger partial charge in [0, 0.05) is 22.4 Å². The molecule has 0 saturated heterocycles. The quantitative estimate of drug-likeness (QED) is 0.684. The SMILES string of the molecule is COC(=O)c1ccc2c(c1)NC(=O)/C2=C/c1ccccc1F. The zero-order valence-corrected chi connectivity index (χ0v) is 11.7. The maximum Gasteiger partial charge on any atom is 0.337 e. The summed E-state index contributed by atoms with van der Waals surface area (Å²) < 4.78 is 18.4. The molecule has 0 aromatic heterocycles. The number of ether oxygens (including phenoxy) is 1. The summed E-state index contributed by atoms with van der Waals surface area (Å²) in [5, 5.41) is 2.67. The van der Waals surface area contributed by atoms with E-state index in [9.17, 15) is 14.0 Å². The number of esters is 1. The molecule has 1 aliphatic rings. The second-order valence-corrected chi connectivity index (χ2v) is 4.79. The number of carbonyl (C=O) groups is 2. The molecule has 0 aliphatic carbocycles. The lowest BCUT2D eigenvalue weighted by atomic mass is 10.0. The number of carbonyl (C=O) groups excluding carboxylic acids is 2. The minimum Gasteiger partial charge on any atom is -0.465 e. The van der Waals surface area contributed by atoms with E-state index in [1.807, 2.05) is 0 Å². The van der Waals surface area contributed by atoms with Crippen molar-refractivity contribution in [3.8, 4) is 0 Å². The van der Waals surface area contributed by atoms with Gasteiger partial charge in [0.25, 0.3) is 5.91 Å². The van der Waals surface area contributed by atoms with E-state index < -0.39 is 11.8 Å². The summed E-state index contributed by atoms with van der Waals surface area (Å²) in [4.78, 5) is 23.6. The Hall–Kier alpha value is -2.95. The summed E-state index contributed by atoms with van der Waals surface area (Å²) >= 11 is 0. The van der Waals surface area contributed by atoms with Crippen molar-refractivity contribution in [2.75, 3.05) is 12.4 Å². The number of rotatable bonds is 2. The molecule has 22 heavy (non-hydrogen) atoms. The van der Waals surface area contributed by atoms with Crippen LogP contribution in [0.2, 0.25) is 0 Å². The van der Waals surface area contributed by atoms with Gasteiger partial charge in [-0.25, -0.2) is 9.18 Å². The maximum absolute atomic E-state index is 13.7. The minimum atomic E-state index is -0.483. The average Bonchev–Trinajstić information content (AvgIpc) is 2.83. The highest BCUT2D eigenvalue weighted by molar-refractivity contribution is 6.35. The minimum absolute atomic E-state index is 0.331. The van der Waals surface area contributed by atoms with Crippen LogP contribution in [0.4, 0.5) is 10.1 Å². The largest absolute Gasteiger partial charge is 0.465 e. The summed E-state index contributed by atoms with van der Waals surface area (Å²) in [7, 11) is 1.29. The van der Waals surface area contributed by atoms with Crippen LogP contribution in [0.25, 0.3) is 11.6 Å². The first-order valence-corrected chi connectivity index (χ1v) is 6.60. The molecular formula is C17H12FNO3. The van der Waals surface area contributed by atoms with Gasteiger partial charge in [0.1, 0.15) is 5.82 Å². The van der Waals surface area contributed by atoms with Gasteiger partial charge in [0.05, 0.1) is 12.7 Å². The highest BCUT2D eigenvalue weighted by Crippen LogP contribution is 2.34. The molecule has 0 bridgehead atoms. The number of nitrogens with one attached hydrogen (secondary N) is 1. The van der Waals surface area contributed by atoms with Crippen molar-refractivity contribution >= 4 is 29.2 Å². The average molecular weight is 297 g/mol. The molecule has 1 N–H and O–H groups in total. The van der Waals surface area contributed by atoms with Crippen molar-refractivity contribution in [2.45, 2.75) is 0 Å². The van der Waals surface area contributed by atoms with Crippen LogP contribution in [-0.4, -0.2) is 19.0 Å². The van der Waals surface area contributed by atoms with Gasteiger partial charge in [-0.05, 0) is 24.3 Å². The number of anilines is 1. The van der Waals surface area contributed by atoms with E-state index in [2.05, 4.69) is 10.1 Å². The van der Waals surface area contributed by atoms with E-state index in [1.54, 1.807) is 36.4 Å². The van der Waals surface area contributed by atoms with E-state index in [4.69, 9.17) is 0 Å².